The fraction of sp³-hybridized carbons (Fsp3) is 0.200. The number of hydrogen-bond donors (Lipinski definition) is 1. The van der Waals surface area contributed by atoms with Gasteiger partial charge in [0.1, 0.15) is 12.4 Å². The Bertz CT molecular complexity index is 1290. The van der Waals surface area contributed by atoms with E-state index >= 15 is 0 Å². The van der Waals surface area contributed by atoms with Gasteiger partial charge in [-0.1, -0.05) is 43.3 Å². The molecular formula is C25H22N4O3. The quantitative estimate of drug-likeness (QED) is 0.433. The molecule has 0 fully saturated rings. The Morgan fingerprint density at radius 2 is 1.97 bits per heavy atom. The standard InChI is InChI=1S/C25H22N4O3/c1-16(2)23-22-13-19(14-27-25(22)32-29-23)24(30)28-20-5-3-4-18(12-20)15-31-21-8-6-17(7-9-21)10-11-26/h3-9,12-14,16H,10,15H2,1-2H3,(H,28,30). The van der Waals surface area contributed by atoms with Gasteiger partial charge in [-0.3, -0.25) is 4.79 Å². The van der Waals surface area contributed by atoms with E-state index in [2.05, 4.69) is 21.5 Å². The van der Waals surface area contributed by atoms with Crippen LogP contribution >= 0.6 is 0 Å². The number of rotatable bonds is 7. The van der Waals surface area contributed by atoms with Gasteiger partial charge in [-0.15, -0.1) is 0 Å². The molecule has 2 aromatic heterocycles. The lowest BCUT2D eigenvalue weighted by Gasteiger charge is -2.10. The van der Waals surface area contributed by atoms with Crippen LogP contribution in [0.1, 0.15) is 46.9 Å². The van der Waals surface area contributed by atoms with Gasteiger partial charge < -0.3 is 14.6 Å². The molecule has 0 radical (unpaired) electrons. The van der Waals surface area contributed by atoms with Gasteiger partial charge in [-0.05, 0) is 47.4 Å². The number of nitrogens with one attached hydrogen (secondary N) is 1. The number of ether oxygens (including phenoxy) is 1. The van der Waals surface area contributed by atoms with Gasteiger partial charge in [0.15, 0.2) is 0 Å². The minimum atomic E-state index is -0.263. The second-order valence-corrected chi connectivity index (χ2v) is 7.72. The molecule has 32 heavy (non-hydrogen) atoms. The Morgan fingerprint density at radius 1 is 1.16 bits per heavy atom. The van der Waals surface area contributed by atoms with Crippen LogP contribution in [-0.4, -0.2) is 16.0 Å². The van der Waals surface area contributed by atoms with Crippen LogP contribution < -0.4 is 10.1 Å². The van der Waals surface area contributed by atoms with E-state index in [0.717, 1.165) is 28.0 Å². The first-order valence-electron chi connectivity index (χ1n) is 10.3. The minimum absolute atomic E-state index is 0.163. The van der Waals surface area contributed by atoms with Crippen molar-refractivity contribution in [1.82, 2.24) is 10.1 Å². The fourth-order valence-corrected chi connectivity index (χ4v) is 3.29. The molecule has 4 aromatic rings. The first-order valence-corrected chi connectivity index (χ1v) is 10.3. The van der Waals surface area contributed by atoms with Crippen molar-refractivity contribution in [2.75, 3.05) is 5.32 Å². The summed E-state index contributed by atoms with van der Waals surface area (Å²) in [6.45, 7) is 4.38. The summed E-state index contributed by atoms with van der Waals surface area (Å²) in [5, 5.41) is 16.5. The third kappa shape index (κ3) is 4.76. The SMILES string of the molecule is CC(C)c1noc2ncc(C(=O)Nc3cccc(COc4ccc(CC#N)cc4)c3)cc12. The highest BCUT2D eigenvalue weighted by molar-refractivity contribution is 6.05. The van der Waals surface area contributed by atoms with E-state index in [1.807, 2.05) is 62.4 Å². The van der Waals surface area contributed by atoms with Crippen molar-refractivity contribution in [3.05, 3.63) is 83.2 Å². The van der Waals surface area contributed by atoms with Crippen LogP contribution in [0.3, 0.4) is 0 Å². The number of carbonyl (C=O) groups excluding carboxylic acids is 1. The summed E-state index contributed by atoms with van der Waals surface area (Å²) in [4.78, 5) is 17.0. The summed E-state index contributed by atoms with van der Waals surface area (Å²) in [6, 6.07) is 18.8. The summed E-state index contributed by atoms with van der Waals surface area (Å²) >= 11 is 0. The molecule has 0 unspecified atom stereocenters. The lowest BCUT2D eigenvalue weighted by molar-refractivity contribution is 0.102. The molecule has 0 saturated carbocycles. The first-order chi connectivity index (χ1) is 15.5. The Hall–Kier alpha value is -4.18. The summed E-state index contributed by atoms with van der Waals surface area (Å²) in [6.07, 6.45) is 1.86. The fourth-order valence-electron chi connectivity index (χ4n) is 3.29. The van der Waals surface area contributed by atoms with Crippen LogP contribution in [0.5, 0.6) is 5.75 Å². The molecule has 4 rings (SSSR count). The van der Waals surface area contributed by atoms with E-state index in [1.54, 1.807) is 6.07 Å². The highest BCUT2D eigenvalue weighted by atomic mass is 16.5. The Morgan fingerprint density at radius 3 is 2.72 bits per heavy atom. The molecule has 7 heteroatoms. The van der Waals surface area contributed by atoms with Gasteiger partial charge in [0.25, 0.3) is 11.6 Å². The lowest BCUT2D eigenvalue weighted by atomic mass is 10.1. The Kier molecular flexibility index (Phi) is 6.13. The maximum absolute atomic E-state index is 12.8. The highest BCUT2D eigenvalue weighted by Crippen LogP contribution is 2.24. The van der Waals surface area contributed by atoms with Crippen LogP contribution in [0.25, 0.3) is 11.1 Å². The molecule has 0 spiro atoms. The molecule has 0 atom stereocenters. The van der Waals surface area contributed by atoms with E-state index in [4.69, 9.17) is 14.5 Å². The van der Waals surface area contributed by atoms with Crippen LogP contribution in [0.4, 0.5) is 5.69 Å². The molecule has 2 heterocycles. The zero-order valence-electron chi connectivity index (χ0n) is 17.8. The van der Waals surface area contributed by atoms with Gasteiger partial charge in [0.2, 0.25) is 0 Å². The van der Waals surface area contributed by atoms with Gasteiger partial charge in [-0.2, -0.15) is 5.26 Å². The van der Waals surface area contributed by atoms with Gasteiger partial charge in [0.05, 0.1) is 29.1 Å². The van der Waals surface area contributed by atoms with Crippen molar-refractivity contribution < 1.29 is 14.1 Å². The summed E-state index contributed by atoms with van der Waals surface area (Å²) in [5.74, 6) is 0.618. The number of hydrogen-bond acceptors (Lipinski definition) is 6. The highest BCUT2D eigenvalue weighted by Gasteiger charge is 2.16. The molecule has 0 aliphatic rings. The summed E-state index contributed by atoms with van der Waals surface area (Å²) in [7, 11) is 0. The third-order valence-electron chi connectivity index (χ3n) is 4.96. The lowest BCUT2D eigenvalue weighted by Crippen LogP contribution is -2.12. The maximum Gasteiger partial charge on any atom is 0.257 e. The monoisotopic (exact) mass is 426 g/mol. The first kappa shape index (κ1) is 21.1. The number of anilines is 1. The molecule has 0 aliphatic heterocycles. The molecule has 0 aliphatic carbocycles. The largest absolute Gasteiger partial charge is 0.489 e. The van der Waals surface area contributed by atoms with Crippen LogP contribution in [0.2, 0.25) is 0 Å². The van der Waals surface area contributed by atoms with Gasteiger partial charge in [-0.25, -0.2) is 4.98 Å². The predicted octanol–water partition coefficient (Wildman–Crippen LogP) is 5.24. The van der Waals surface area contributed by atoms with Crippen LogP contribution in [0.15, 0.2) is 65.3 Å². The van der Waals surface area contributed by atoms with E-state index in [9.17, 15) is 4.79 Å². The average molecular weight is 426 g/mol. The molecule has 7 nitrogen and oxygen atoms in total. The normalized spacial score (nSPS) is 10.8. The van der Waals surface area contributed by atoms with Crippen molar-refractivity contribution in [3.8, 4) is 11.8 Å². The Balaban J connectivity index is 1.43. The zero-order chi connectivity index (χ0) is 22.5. The number of benzene rings is 2. The summed E-state index contributed by atoms with van der Waals surface area (Å²) in [5.41, 5.74) is 4.16. The topological polar surface area (TPSA) is 101 Å². The van der Waals surface area contributed by atoms with Gasteiger partial charge in [0, 0.05) is 11.9 Å². The van der Waals surface area contributed by atoms with E-state index < -0.39 is 0 Å². The third-order valence-corrected chi connectivity index (χ3v) is 4.96. The van der Waals surface area contributed by atoms with Crippen molar-refractivity contribution in [2.45, 2.75) is 32.8 Å². The molecule has 2 aromatic carbocycles. The van der Waals surface area contributed by atoms with E-state index in [1.165, 1.54) is 6.20 Å². The molecule has 160 valence electrons. The number of carbonyl (C=O) groups is 1. The molecule has 0 bridgehead atoms. The number of nitriles is 1. The van der Waals surface area contributed by atoms with Crippen molar-refractivity contribution >= 4 is 22.7 Å². The van der Waals surface area contributed by atoms with E-state index in [0.29, 0.717) is 30.0 Å². The van der Waals surface area contributed by atoms with Crippen molar-refractivity contribution in [2.24, 2.45) is 0 Å². The second-order valence-electron chi connectivity index (χ2n) is 7.72. The van der Waals surface area contributed by atoms with Crippen molar-refractivity contribution in [3.63, 3.8) is 0 Å². The van der Waals surface area contributed by atoms with Crippen molar-refractivity contribution in [1.29, 1.82) is 5.26 Å². The average Bonchev–Trinajstić information content (AvgIpc) is 3.23. The zero-order valence-corrected chi connectivity index (χ0v) is 17.8. The van der Waals surface area contributed by atoms with E-state index in [-0.39, 0.29) is 11.8 Å². The number of aromatic nitrogens is 2. The second kappa shape index (κ2) is 9.31. The molecule has 0 saturated heterocycles. The number of nitrogens with zero attached hydrogens (tertiary/aromatic N) is 3. The molecule has 1 amide bonds. The summed E-state index contributed by atoms with van der Waals surface area (Å²) < 4.78 is 11.1. The predicted molar refractivity (Wildman–Crippen MR) is 120 cm³/mol. The number of amides is 1. The van der Waals surface area contributed by atoms with Gasteiger partial charge >= 0.3 is 0 Å². The number of pyridine rings is 1. The molecular weight excluding hydrogens is 404 g/mol. The Labute approximate surface area is 185 Å². The van der Waals surface area contributed by atoms with Crippen LogP contribution in [-0.2, 0) is 13.0 Å². The molecule has 1 N–H and O–H groups in total. The maximum atomic E-state index is 12.8. The van der Waals surface area contributed by atoms with Crippen LogP contribution in [0, 0.1) is 11.3 Å². The smallest absolute Gasteiger partial charge is 0.257 e. The number of fused-ring (bicyclic) bond motifs is 1. The minimum Gasteiger partial charge on any atom is -0.489 e.